The Kier molecular flexibility index (Phi) is 3.64. The molecule has 21 heavy (non-hydrogen) atoms. The molecule has 106 valence electrons. The average Bonchev–Trinajstić information content (AvgIpc) is 3.00. The van der Waals surface area contributed by atoms with E-state index in [0.717, 1.165) is 16.9 Å². The number of benzene rings is 1. The number of rotatable bonds is 4. The standard InChI is InChI=1S/C16H15N3O2/c1-11-6-3-4-8-14(11)20-12(2)16-18-15(19-21-16)13-7-5-9-17-10-13/h3-10,12H,1-2H3. The van der Waals surface area contributed by atoms with Gasteiger partial charge in [0.1, 0.15) is 5.75 Å². The SMILES string of the molecule is Cc1ccccc1OC(C)c1nc(-c2cccnc2)no1. The number of nitrogens with zero attached hydrogens (tertiary/aromatic N) is 3. The van der Waals surface area contributed by atoms with E-state index < -0.39 is 0 Å². The zero-order valence-corrected chi connectivity index (χ0v) is 11.9. The fourth-order valence-electron chi connectivity index (χ4n) is 1.94. The third kappa shape index (κ3) is 2.91. The van der Waals surface area contributed by atoms with Crippen molar-refractivity contribution in [1.29, 1.82) is 0 Å². The molecule has 0 saturated heterocycles. The van der Waals surface area contributed by atoms with Crippen molar-refractivity contribution in [2.24, 2.45) is 0 Å². The maximum atomic E-state index is 5.87. The van der Waals surface area contributed by atoms with E-state index in [2.05, 4.69) is 15.1 Å². The largest absolute Gasteiger partial charge is 0.481 e. The Morgan fingerprint density at radius 2 is 2.00 bits per heavy atom. The second kappa shape index (κ2) is 5.75. The lowest BCUT2D eigenvalue weighted by molar-refractivity contribution is 0.175. The molecule has 0 amide bonds. The molecule has 0 radical (unpaired) electrons. The number of hydrogen-bond acceptors (Lipinski definition) is 5. The fraction of sp³-hybridized carbons (Fsp3) is 0.188. The van der Waals surface area contributed by atoms with Crippen LogP contribution in [0.2, 0.25) is 0 Å². The van der Waals surface area contributed by atoms with Gasteiger partial charge < -0.3 is 9.26 Å². The Balaban J connectivity index is 1.79. The monoisotopic (exact) mass is 281 g/mol. The highest BCUT2D eigenvalue weighted by Gasteiger charge is 2.17. The molecule has 0 aliphatic carbocycles. The van der Waals surface area contributed by atoms with Gasteiger partial charge in [-0.05, 0) is 37.6 Å². The van der Waals surface area contributed by atoms with Crippen LogP contribution in [0.3, 0.4) is 0 Å². The number of pyridine rings is 1. The molecular weight excluding hydrogens is 266 g/mol. The van der Waals surface area contributed by atoms with Crippen LogP contribution in [0.15, 0.2) is 53.3 Å². The summed E-state index contributed by atoms with van der Waals surface area (Å²) in [5.41, 5.74) is 1.88. The van der Waals surface area contributed by atoms with Crippen molar-refractivity contribution in [2.45, 2.75) is 20.0 Å². The summed E-state index contributed by atoms with van der Waals surface area (Å²) >= 11 is 0. The fourth-order valence-corrected chi connectivity index (χ4v) is 1.94. The van der Waals surface area contributed by atoms with E-state index in [4.69, 9.17) is 9.26 Å². The summed E-state index contributed by atoms with van der Waals surface area (Å²) < 4.78 is 11.1. The van der Waals surface area contributed by atoms with Crippen molar-refractivity contribution in [3.8, 4) is 17.1 Å². The molecule has 2 aromatic heterocycles. The van der Waals surface area contributed by atoms with Crippen molar-refractivity contribution in [3.63, 3.8) is 0 Å². The van der Waals surface area contributed by atoms with Gasteiger partial charge in [0.15, 0.2) is 6.10 Å². The Morgan fingerprint density at radius 1 is 1.14 bits per heavy atom. The van der Waals surface area contributed by atoms with E-state index in [1.165, 1.54) is 0 Å². The molecule has 0 saturated carbocycles. The van der Waals surface area contributed by atoms with E-state index in [9.17, 15) is 0 Å². The lowest BCUT2D eigenvalue weighted by Crippen LogP contribution is -2.04. The Hall–Kier alpha value is -2.69. The Bertz CT molecular complexity index is 725. The number of hydrogen-bond donors (Lipinski definition) is 0. The minimum Gasteiger partial charge on any atom is -0.481 e. The smallest absolute Gasteiger partial charge is 0.267 e. The molecule has 0 aliphatic rings. The van der Waals surface area contributed by atoms with Crippen LogP contribution in [0, 0.1) is 6.92 Å². The van der Waals surface area contributed by atoms with Gasteiger partial charge in [-0.3, -0.25) is 4.98 Å². The van der Waals surface area contributed by atoms with Gasteiger partial charge >= 0.3 is 0 Å². The number of ether oxygens (including phenoxy) is 1. The molecule has 0 spiro atoms. The van der Waals surface area contributed by atoms with Crippen molar-refractivity contribution in [3.05, 3.63) is 60.2 Å². The summed E-state index contributed by atoms with van der Waals surface area (Å²) in [6.45, 7) is 3.88. The van der Waals surface area contributed by atoms with Crippen LogP contribution in [0.5, 0.6) is 5.75 Å². The molecule has 3 rings (SSSR count). The number of para-hydroxylation sites is 1. The molecule has 0 bridgehead atoms. The second-order valence-corrected chi connectivity index (χ2v) is 4.72. The molecule has 1 atom stereocenters. The van der Waals surface area contributed by atoms with E-state index in [1.54, 1.807) is 12.4 Å². The highest BCUT2D eigenvalue weighted by atomic mass is 16.5. The molecule has 0 aliphatic heterocycles. The minimum atomic E-state index is -0.316. The zero-order valence-electron chi connectivity index (χ0n) is 11.9. The van der Waals surface area contributed by atoms with Gasteiger partial charge in [-0.25, -0.2) is 0 Å². The third-order valence-electron chi connectivity index (χ3n) is 3.11. The van der Waals surface area contributed by atoms with Crippen LogP contribution < -0.4 is 4.74 Å². The van der Waals surface area contributed by atoms with E-state index >= 15 is 0 Å². The molecule has 3 aromatic rings. The van der Waals surface area contributed by atoms with Crippen LogP contribution in [0.1, 0.15) is 24.5 Å². The normalized spacial score (nSPS) is 12.1. The van der Waals surface area contributed by atoms with Gasteiger partial charge in [-0.2, -0.15) is 4.98 Å². The highest BCUT2D eigenvalue weighted by Crippen LogP contribution is 2.25. The van der Waals surface area contributed by atoms with Crippen molar-refractivity contribution >= 4 is 0 Å². The van der Waals surface area contributed by atoms with Crippen LogP contribution >= 0.6 is 0 Å². The first-order valence-corrected chi connectivity index (χ1v) is 6.70. The van der Waals surface area contributed by atoms with Crippen molar-refractivity contribution in [2.75, 3.05) is 0 Å². The van der Waals surface area contributed by atoms with Gasteiger partial charge in [0.2, 0.25) is 5.82 Å². The Morgan fingerprint density at radius 3 is 2.76 bits per heavy atom. The third-order valence-corrected chi connectivity index (χ3v) is 3.11. The molecule has 1 aromatic carbocycles. The molecular formula is C16H15N3O2. The van der Waals surface area contributed by atoms with Crippen LogP contribution in [-0.2, 0) is 0 Å². The summed E-state index contributed by atoms with van der Waals surface area (Å²) in [6.07, 6.45) is 3.08. The van der Waals surface area contributed by atoms with Gasteiger partial charge in [-0.15, -0.1) is 0 Å². The molecule has 5 heteroatoms. The summed E-state index contributed by atoms with van der Waals surface area (Å²) in [7, 11) is 0. The van der Waals surface area contributed by atoms with Gasteiger partial charge in [0.05, 0.1) is 0 Å². The molecule has 0 N–H and O–H groups in total. The minimum absolute atomic E-state index is 0.316. The van der Waals surface area contributed by atoms with Crippen molar-refractivity contribution < 1.29 is 9.26 Å². The molecule has 5 nitrogen and oxygen atoms in total. The van der Waals surface area contributed by atoms with E-state index in [-0.39, 0.29) is 6.10 Å². The van der Waals surface area contributed by atoms with Gasteiger partial charge in [0.25, 0.3) is 5.89 Å². The highest BCUT2D eigenvalue weighted by molar-refractivity contribution is 5.51. The predicted octanol–water partition coefficient (Wildman–Crippen LogP) is 3.58. The molecule has 1 unspecified atom stereocenters. The van der Waals surface area contributed by atoms with Crippen LogP contribution in [0.25, 0.3) is 11.4 Å². The number of aryl methyl sites for hydroxylation is 1. The first-order valence-electron chi connectivity index (χ1n) is 6.70. The zero-order chi connectivity index (χ0) is 14.7. The first-order chi connectivity index (χ1) is 10.2. The first kappa shape index (κ1) is 13.3. The summed E-state index contributed by atoms with van der Waals surface area (Å²) in [5, 5.41) is 3.97. The summed E-state index contributed by atoms with van der Waals surface area (Å²) in [4.78, 5) is 8.41. The average molecular weight is 281 g/mol. The summed E-state index contributed by atoms with van der Waals surface area (Å²) in [5.74, 6) is 1.77. The quantitative estimate of drug-likeness (QED) is 0.731. The lowest BCUT2D eigenvalue weighted by Gasteiger charge is -2.12. The molecule has 0 fully saturated rings. The summed E-state index contributed by atoms with van der Waals surface area (Å²) in [6, 6.07) is 11.5. The van der Waals surface area contributed by atoms with Gasteiger partial charge in [0, 0.05) is 18.0 Å². The van der Waals surface area contributed by atoms with E-state index in [0.29, 0.717) is 11.7 Å². The molecule has 2 heterocycles. The lowest BCUT2D eigenvalue weighted by atomic mass is 10.2. The van der Waals surface area contributed by atoms with Crippen LogP contribution in [0.4, 0.5) is 0 Å². The predicted molar refractivity (Wildman–Crippen MR) is 77.8 cm³/mol. The van der Waals surface area contributed by atoms with Gasteiger partial charge in [-0.1, -0.05) is 23.4 Å². The van der Waals surface area contributed by atoms with E-state index in [1.807, 2.05) is 50.2 Å². The Labute approximate surface area is 122 Å². The number of aromatic nitrogens is 3. The van der Waals surface area contributed by atoms with Crippen LogP contribution in [-0.4, -0.2) is 15.1 Å². The van der Waals surface area contributed by atoms with Crippen molar-refractivity contribution in [1.82, 2.24) is 15.1 Å². The second-order valence-electron chi connectivity index (χ2n) is 4.72. The maximum Gasteiger partial charge on any atom is 0.267 e. The topological polar surface area (TPSA) is 61.0 Å². The maximum absolute atomic E-state index is 5.87.